The standard InChI is InChI=1S/C11H24BrNO/c1-10(2,6-8-12)13-9-7-11(3,4)14-5/h13H,6-9H2,1-5H3. The van der Waals surface area contributed by atoms with Crippen molar-refractivity contribution in [2.24, 2.45) is 0 Å². The van der Waals surface area contributed by atoms with Gasteiger partial charge in [0.15, 0.2) is 0 Å². The van der Waals surface area contributed by atoms with E-state index in [0.717, 1.165) is 24.7 Å². The summed E-state index contributed by atoms with van der Waals surface area (Å²) in [4.78, 5) is 0. The Morgan fingerprint density at radius 3 is 2.14 bits per heavy atom. The van der Waals surface area contributed by atoms with Crippen molar-refractivity contribution in [3.8, 4) is 0 Å². The van der Waals surface area contributed by atoms with E-state index >= 15 is 0 Å². The van der Waals surface area contributed by atoms with Gasteiger partial charge in [0.1, 0.15) is 0 Å². The zero-order chi connectivity index (χ0) is 11.2. The summed E-state index contributed by atoms with van der Waals surface area (Å²) in [7, 11) is 1.77. The second-order valence-electron chi connectivity index (χ2n) is 4.96. The minimum Gasteiger partial charge on any atom is -0.379 e. The van der Waals surface area contributed by atoms with E-state index in [9.17, 15) is 0 Å². The molecule has 0 spiro atoms. The van der Waals surface area contributed by atoms with Crippen LogP contribution in [-0.4, -0.2) is 30.1 Å². The third-order valence-electron chi connectivity index (χ3n) is 2.60. The second-order valence-corrected chi connectivity index (χ2v) is 5.76. The van der Waals surface area contributed by atoms with Crippen LogP contribution in [-0.2, 0) is 4.74 Å². The Morgan fingerprint density at radius 1 is 1.14 bits per heavy atom. The van der Waals surface area contributed by atoms with E-state index in [-0.39, 0.29) is 11.1 Å². The van der Waals surface area contributed by atoms with Gasteiger partial charge in [0.25, 0.3) is 0 Å². The summed E-state index contributed by atoms with van der Waals surface area (Å²) < 4.78 is 5.36. The summed E-state index contributed by atoms with van der Waals surface area (Å²) in [5.74, 6) is 0. The Bertz CT molecular complexity index is 157. The molecule has 0 radical (unpaired) electrons. The zero-order valence-electron chi connectivity index (χ0n) is 10.1. The van der Waals surface area contributed by atoms with Crippen molar-refractivity contribution >= 4 is 15.9 Å². The molecule has 86 valence electrons. The average molecular weight is 266 g/mol. The van der Waals surface area contributed by atoms with Crippen LogP contribution in [0.15, 0.2) is 0 Å². The van der Waals surface area contributed by atoms with Crippen LogP contribution in [0.3, 0.4) is 0 Å². The van der Waals surface area contributed by atoms with Gasteiger partial charge < -0.3 is 10.1 Å². The Kier molecular flexibility index (Phi) is 6.26. The van der Waals surface area contributed by atoms with E-state index in [2.05, 4.69) is 48.9 Å². The predicted octanol–water partition coefficient (Wildman–Crippen LogP) is 2.95. The molecule has 0 aromatic heterocycles. The number of methoxy groups -OCH3 is 1. The van der Waals surface area contributed by atoms with Crippen LogP contribution < -0.4 is 5.32 Å². The quantitative estimate of drug-likeness (QED) is 0.715. The predicted molar refractivity (Wildman–Crippen MR) is 66.2 cm³/mol. The molecule has 0 fully saturated rings. The van der Waals surface area contributed by atoms with Crippen LogP contribution in [0, 0.1) is 0 Å². The Balaban J connectivity index is 3.73. The van der Waals surface area contributed by atoms with Crippen molar-refractivity contribution in [1.29, 1.82) is 0 Å². The summed E-state index contributed by atoms with van der Waals surface area (Å²) in [6, 6.07) is 0. The number of halogens is 1. The van der Waals surface area contributed by atoms with Crippen molar-refractivity contribution in [3.05, 3.63) is 0 Å². The lowest BCUT2D eigenvalue weighted by atomic mass is 10.00. The Labute approximate surface area is 96.9 Å². The molecule has 0 atom stereocenters. The molecule has 0 unspecified atom stereocenters. The molecule has 1 N–H and O–H groups in total. The highest BCUT2D eigenvalue weighted by atomic mass is 79.9. The number of alkyl halides is 1. The maximum Gasteiger partial charge on any atom is 0.0634 e. The maximum atomic E-state index is 5.36. The van der Waals surface area contributed by atoms with Crippen LogP contribution >= 0.6 is 15.9 Å². The molecule has 0 aliphatic carbocycles. The average Bonchev–Trinajstić information content (AvgIpc) is 2.03. The molecule has 0 aliphatic rings. The van der Waals surface area contributed by atoms with Gasteiger partial charge in [-0.25, -0.2) is 0 Å². The lowest BCUT2D eigenvalue weighted by molar-refractivity contribution is 0.0145. The summed E-state index contributed by atoms with van der Waals surface area (Å²) in [6.45, 7) is 9.70. The zero-order valence-corrected chi connectivity index (χ0v) is 11.7. The van der Waals surface area contributed by atoms with Gasteiger partial charge >= 0.3 is 0 Å². The SMILES string of the molecule is COC(C)(C)CCNC(C)(C)CCBr. The number of nitrogens with one attached hydrogen (secondary N) is 1. The van der Waals surface area contributed by atoms with Gasteiger partial charge in [-0.1, -0.05) is 15.9 Å². The summed E-state index contributed by atoms with van der Waals surface area (Å²) >= 11 is 3.47. The lowest BCUT2D eigenvalue weighted by Gasteiger charge is -2.29. The lowest BCUT2D eigenvalue weighted by Crippen LogP contribution is -2.42. The van der Waals surface area contributed by atoms with E-state index in [0.29, 0.717) is 0 Å². The highest BCUT2D eigenvalue weighted by molar-refractivity contribution is 9.09. The van der Waals surface area contributed by atoms with Crippen LogP contribution in [0.25, 0.3) is 0 Å². The molecular formula is C11H24BrNO. The number of hydrogen-bond donors (Lipinski definition) is 1. The monoisotopic (exact) mass is 265 g/mol. The molecule has 0 saturated heterocycles. The topological polar surface area (TPSA) is 21.3 Å². The van der Waals surface area contributed by atoms with E-state index in [1.165, 1.54) is 0 Å². The Morgan fingerprint density at radius 2 is 1.71 bits per heavy atom. The molecule has 2 nitrogen and oxygen atoms in total. The first-order valence-corrected chi connectivity index (χ1v) is 6.31. The van der Waals surface area contributed by atoms with E-state index in [4.69, 9.17) is 4.74 Å². The third-order valence-corrected chi connectivity index (χ3v) is 3.00. The van der Waals surface area contributed by atoms with Gasteiger partial charge in [-0.15, -0.1) is 0 Å². The molecule has 0 heterocycles. The summed E-state index contributed by atoms with van der Waals surface area (Å²) in [5, 5.41) is 4.58. The molecule has 0 saturated carbocycles. The molecule has 0 aromatic rings. The highest BCUT2D eigenvalue weighted by Crippen LogP contribution is 2.14. The molecule has 0 amide bonds. The smallest absolute Gasteiger partial charge is 0.0634 e. The van der Waals surface area contributed by atoms with Crippen molar-refractivity contribution in [2.75, 3.05) is 19.0 Å². The molecule has 0 aromatic carbocycles. The highest BCUT2D eigenvalue weighted by Gasteiger charge is 2.19. The summed E-state index contributed by atoms with van der Waals surface area (Å²) in [6.07, 6.45) is 2.18. The summed E-state index contributed by atoms with van der Waals surface area (Å²) in [5.41, 5.74) is 0.199. The van der Waals surface area contributed by atoms with Crippen molar-refractivity contribution in [3.63, 3.8) is 0 Å². The number of hydrogen-bond acceptors (Lipinski definition) is 2. The van der Waals surface area contributed by atoms with E-state index < -0.39 is 0 Å². The van der Waals surface area contributed by atoms with Crippen LogP contribution in [0.5, 0.6) is 0 Å². The van der Waals surface area contributed by atoms with Gasteiger partial charge in [-0.2, -0.15) is 0 Å². The van der Waals surface area contributed by atoms with Crippen molar-refractivity contribution in [1.82, 2.24) is 5.32 Å². The Hall–Kier alpha value is 0.400. The molecule has 14 heavy (non-hydrogen) atoms. The first-order chi connectivity index (χ1) is 6.33. The first kappa shape index (κ1) is 14.4. The normalized spacial score (nSPS) is 13.3. The largest absolute Gasteiger partial charge is 0.379 e. The second kappa shape index (κ2) is 6.09. The minimum absolute atomic E-state index is 0.0164. The van der Waals surface area contributed by atoms with E-state index in [1.54, 1.807) is 7.11 Å². The van der Waals surface area contributed by atoms with E-state index in [1.807, 2.05) is 0 Å². The molecule has 0 aliphatic heterocycles. The fourth-order valence-electron chi connectivity index (χ4n) is 1.13. The number of ether oxygens (including phenoxy) is 1. The number of rotatable bonds is 7. The fourth-order valence-corrected chi connectivity index (χ4v) is 2.12. The van der Waals surface area contributed by atoms with Crippen molar-refractivity contribution in [2.45, 2.75) is 51.7 Å². The minimum atomic E-state index is -0.0164. The van der Waals surface area contributed by atoms with Crippen molar-refractivity contribution < 1.29 is 4.74 Å². The molecular weight excluding hydrogens is 242 g/mol. The molecule has 0 rings (SSSR count). The van der Waals surface area contributed by atoms with Crippen LogP contribution in [0.4, 0.5) is 0 Å². The molecule has 3 heteroatoms. The van der Waals surface area contributed by atoms with Crippen LogP contribution in [0.2, 0.25) is 0 Å². The van der Waals surface area contributed by atoms with Gasteiger partial charge in [0.2, 0.25) is 0 Å². The van der Waals surface area contributed by atoms with Gasteiger partial charge in [0.05, 0.1) is 5.60 Å². The first-order valence-electron chi connectivity index (χ1n) is 5.19. The third kappa shape index (κ3) is 6.80. The van der Waals surface area contributed by atoms with Gasteiger partial charge in [-0.3, -0.25) is 0 Å². The van der Waals surface area contributed by atoms with Gasteiger partial charge in [0, 0.05) is 18.0 Å². The van der Waals surface area contributed by atoms with Crippen LogP contribution in [0.1, 0.15) is 40.5 Å². The fraction of sp³-hybridized carbons (Fsp3) is 1.00. The maximum absolute atomic E-state index is 5.36. The van der Waals surface area contributed by atoms with Gasteiger partial charge in [-0.05, 0) is 47.1 Å². The molecule has 0 bridgehead atoms.